The van der Waals surface area contributed by atoms with E-state index >= 15 is 0 Å². The molecular formula is C32H40N4O3S. The van der Waals surface area contributed by atoms with E-state index in [2.05, 4.69) is 53.2 Å². The minimum absolute atomic E-state index is 0.192. The third kappa shape index (κ3) is 5.84. The number of carbonyl (C=O) groups excluding carboxylic acids is 1. The molecule has 3 aromatic rings. The highest BCUT2D eigenvalue weighted by Crippen LogP contribution is 2.41. The molecular weight excluding hydrogens is 520 g/mol. The van der Waals surface area contributed by atoms with Crippen LogP contribution in [0.1, 0.15) is 81.2 Å². The number of hydrogen-bond acceptors (Lipinski definition) is 7. The van der Waals surface area contributed by atoms with E-state index in [4.69, 9.17) is 14.3 Å². The van der Waals surface area contributed by atoms with Crippen molar-refractivity contribution < 1.29 is 14.1 Å². The minimum Gasteiger partial charge on any atom is -0.377 e. The fourth-order valence-corrected chi connectivity index (χ4v) is 6.44. The maximum atomic E-state index is 13.7. The molecule has 5 rings (SSSR count). The summed E-state index contributed by atoms with van der Waals surface area (Å²) >= 11 is 1.51. The second-order valence-electron chi connectivity index (χ2n) is 10.8. The van der Waals surface area contributed by atoms with Gasteiger partial charge in [0.1, 0.15) is 11.4 Å². The van der Waals surface area contributed by atoms with Crippen LogP contribution >= 0.6 is 11.9 Å². The van der Waals surface area contributed by atoms with Crippen LogP contribution in [0.5, 0.6) is 0 Å². The number of unbranched alkanes of at least 4 members (excludes halogenated alkanes) is 1. The molecule has 1 aliphatic carbocycles. The summed E-state index contributed by atoms with van der Waals surface area (Å²) in [6.45, 7) is 9.81. The molecule has 7 nitrogen and oxygen atoms in total. The van der Waals surface area contributed by atoms with Crippen molar-refractivity contribution in [1.29, 1.82) is 0 Å². The largest absolute Gasteiger partial charge is 0.377 e. The van der Waals surface area contributed by atoms with Gasteiger partial charge in [0, 0.05) is 23.5 Å². The zero-order valence-corrected chi connectivity index (χ0v) is 24.9. The number of nitrogens with one attached hydrogen (secondary N) is 1. The van der Waals surface area contributed by atoms with E-state index in [1.165, 1.54) is 11.9 Å². The van der Waals surface area contributed by atoms with Gasteiger partial charge in [-0.3, -0.25) is 19.4 Å². The Morgan fingerprint density at radius 1 is 1.10 bits per heavy atom. The first-order valence-electron chi connectivity index (χ1n) is 14.5. The molecule has 2 aliphatic rings. The molecule has 0 radical (unpaired) electrons. The van der Waals surface area contributed by atoms with Gasteiger partial charge < -0.3 is 9.26 Å². The van der Waals surface area contributed by atoms with Crippen LogP contribution in [0.3, 0.4) is 0 Å². The van der Waals surface area contributed by atoms with E-state index < -0.39 is 5.54 Å². The zero-order chi connectivity index (χ0) is 28.1. The van der Waals surface area contributed by atoms with Crippen LogP contribution in [0, 0.1) is 13.8 Å². The lowest BCUT2D eigenvalue weighted by Gasteiger charge is -2.23. The fourth-order valence-electron chi connectivity index (χ4n) is 5.61. The minimum atomic E-state index is -0.513. The Kier molecular flexibility index (Phi) is 8.96. The van der Waals surface area contributed by atoms with Gasteiger partial charge in [0.25, 0.3) is 5.91 Å². The first-order chi connectivity index (χ1) is 19.5. The average Bonchev–Trinajstić information content (AvgIpc) is 3.65. The lowest BCUT2D eigenvalue weighted by Crippen LogP contribution is -2.40. The molecule has 1 aliphatic heterocycles. The van der Waals surface area contributed by atoms with Crippen molar-refractivity contribution in [2.45, 2.75) is 96.2 Å². The molecule has 1 spiro atoms. The molecule has 1 amide bonds. The third-order valence-electron chi connectivity index (χ3n) is 8.04. The summed E-state index contributed by atoms with van der Waals surface area (Å²) in [5, 5.41) is 4.06. The van der Waals surface area contributed by atoms with Crippen molar-refractivity contribution in [3.8, 4) is 11.1 Å². The first-order valence-corrected chi connectivity index (χ1v) is 15.3. The first kappa shape index (κ1) is 28.4. The lowest BCUT2D eigenvalue weighted by atomic mass is 9.96. The Balaban J connectivity index is 1.42. The number of aromatic nitrogens is 1. The van der Waals surface area contributed by atoms with Gasteiger partial charge in [-0.05, 0) is 80.3 Å². The van der Waals surface area contributed by atoms with Gasteiger partial charge >= 0.3 is 0 Å². The quantitative estimate of drug-likeness (QED) is 0.227. The molecule has 1 aromatic heterocycles. The van der Waals surface area contributed by atoms with Crippen LogP contribution in [0.4, 0.5) is 5.88 Å². The number of aliphatic imine (C=N–C) groups is 1. The molecule has 0 atom stereocenters. The molecule has 1 fully saturated rings. The maximum Gasteiger partial charge on any atom is 0.256 e. The summed E-state index contributed by atoms with van der Waals surface area (Å²) in [5.74, 6) is 1.82. The van der Waals surface area contributed by atoms with Crippen molar-refractivity contribution in [3.63, 3.8) is 0 Å². The molecule has 2 heterocycles. The van der Waals surface area contributed by atoms with Crippen molar-refractivity contribution in [1.82, 2.24) is 10.1 Å². The molecule has 40 heavy (non-hydrogen) atoms. The maximum absolute atomic E-state index is 13.7. The lowest BCUT2D eigenvalue weighted by molar-refractivity contribution is -0.131. The molecule has 1 N–H and O–H groups in total. The number of amidine groups is 1. The van der Waals surface area contributed by atoms with Crippen LogP contribution in [-0.2, 0) is 22.7 Å². The summed E-state index contributed by atoms with van der Waals surface area (Å²) in [6.07, 6.45) is 6.91. The third-order valence-corrected chi connectivity index (χ3v) is 8.91. The number of aryl methyl sites for hydroxylation is 1. The Hall–Kier alpha value is -3.10. The van der Waals surface area contributed by atoms with Crippen molar-refractivity contribution in [2.75, 3.05) is 11.3 Å². The normalized spacial score (nSPS) is 16.2. The number of nitrogens with zero attached hydrogens (tertiary/aromatic N) is 3. The van der Waals surface area contributed by atoms with Gasteiger partial charge in [-0.1, -0.05) is 67.7 Å². The summed E-state index contributed by atoms with van der Waals surface area (Å²) in [6, 6.07) is 14.9. The standard InChI is InChI=1S/C32H40N4O3S/c1-5-7-14-29-33-32(17-10-11-18-32)31(37)36(29)20-24-15-16-26(25(19-24)21-38-6-2)27-12-8-9-13-28(27)40-35-30-22(3)23(4)34-39-30/h8-9,12-13,15-16,19,35H,5-7,10-11,14,17-18,20-21H2,1-4H3. The van der Waals surface area contributed by atoms with Gasteiger partial charge in [0.2, 0.25) is 5.88 Å². The highest BCUT2D eigenvalue weighted by molar-refractivity contribution is 8.00. The summed E-state index contributed by atoms with van der Waals surface area (Å²) in [5.41, 5.74) is 5.81. The second-order valence-corrected chi connectivity index (χ2v) is 11.7. The molecule has 2 aromatic carbocycles. The Morgan fingerprint density at radius 2 is 1.90 bits per heavy atom. The molecule has 212 valence electrons. The summed E-state index contributed by atoms with van der Waals surface area (Å²) < 4.78 is 14.7. The topological polar surface area (TPSA) is 80.0 Å². The molecule has 0 unspecified atom stereocenters. The van der Waals surface area contributed by atoms with Gasteiger partial charge in [-0.2, -0.15) is 0 Å². The Morgan fingerprint density at radius 3 is 2.62 bits per heavy atom. The monoisotopic (exact) mass is 560 g/mol. The molecule has 0 bridgehead atoms. The average molecular weight is 561 g/mol. The fraction of sp³-hybridized carbons (Fsp3) is 0.469. The van der Waals surface area contributed by atoms with Crippen LogP contribution in [0.25, 0.3) is 11.1 Å². The van der Waals surface area contributed by atoms with E-state index in [0.29, 0.717) is 25.6 Å². The number of anilines is 1. The van der Waals surface area contributed by atoms with Gasteiger partial charge in [-0.15, -0.1) is 0 Å². The Bertz CT molecular complexity index is 1380. The number of carbonyl (C=O) groups is 1. The summed E-state index contributed by atoms with van der Waals surface area (Å²) in [7, 11) is 0. The predicted molar refractivity (Wildman–Crippen MR) is 161 cm³/mol. The predicted octanol–water partition coefficient (Wildman–Crippen LogP) is 7.86. The van der Waals surface area contributed by atoms with Crippen LogP contribution in [0.15, 0.2) is 56.9 Å². The van der Waals surface area contributed by atoms with E-state index in [1.807, 2.05) is 31.7 Å². The smallest absolute Gasteiger partial charge is 0.256 e. The van der Waals surface area contributed by atoms with E-state index in [0.717, 1.165) is 89.2 Å². The van der Waals surface area contributed by atoms with E-state index in [9.17, 15) is 4.79 Å². The SMILES string of the molecule is CCCCC1=NC2(CCCC2)C(=O)N1Cc1ccc(-c2ccccc2SNc2onc(C)c2C)c(COCC)c1. The van der Waals surface area contributed by atoms with Crippen LogP contribution in [-0.4, -0.2) is 33.9 Å². The summed E-state index contributed by atoms with van der Waals surface area (Å²) in [4.78, 5) is 21.8. The van der Waals surface area contributed by atoms with Gasteiger partial charge in [0.15, 0.2) is 0 Å². The van der Waals surface area contributed by atoms with E-state index in [-0.39, 0.29) is 5.91 Å². The molecule has 8 heteroatoms. The number of rotatable bonds is 12. The number of ether oxygens (including phenoxy) is 1. The second kappa shape index (κ2) is 12.6. The number of benzene rings is 2. The van der Waals surface area contributed by atoms with Gasteiger partial charge in [0.05, 0.1) is 18.8 Å². The highest BCUT2D eigenvalue weighted by Gasteiger charge is 2.49. The van der Waals surface area contributed by atoms with E-state index in [1.54, 1.807) is 0 Å². The number of amides is 1. The molecule has 1 saturated carbocycles. The van der Waals surface area contributed by atoms with Crippen molar-refractivity contribution in [3.05, 3.63) is 64.8 Å². The van der Waals surface area contributed by atoms with Crippen LogP contribution < -0.4 is 4.72 Å². The Labute approximate surface area is 241 Å². The van der Waals surface area contributed by atoms with Gasteiger partial charge in [-0.25, -0.2) is 0 Å². The van der Waals surface area contributed by atoms with Crippen molar-refractivity contribution in [2.24, 2.45) is 4.99 Å². The molecule has 0 saturated heterocycles. The number of hydrogen-bond donors (Lipinski definition) is 1. The van der Waals surface area contributed by atoms with Crippen LogP contribution in [0.2, 0.25) is 0 Å². The highest BCUT2D eigenvalue weighted by atomic mass is 32.2. The van der Waals surface area contributed by atoms with Crippen molar-refractivity contribution >= 4 is 29.6 Å². The zero-order valence-electron chi connectivity index (χ0n) is 24.1.